The fourth-order valence-corrected chi connectivity index (χ4v) is 2.99. The maximum Gasteiger partial charge on any atom is 0.00594 e. The van der Waals surface area contributed by atoms with Crippen LogP contribution in [0.25, 0.3) is 10.6 Å². The summed E-state index contributed by atoms with van der Waals surface area (Å²) in [7, 11) is 4.47. The third-order valence-electron chi connectivity index (χ3n) is 5.29. The zero-order valence-corrected chi connectivity index (χ0v) is 26.6. The average Bonchev–Trinajstić information content (AvgIpc) is 2.67. The van der Waals surface area contributed by atoms with E-state index in [1.807, 2.05) is 0 Å². The molecule has 0 bridgehead atoms. The monoisotopic (exact) mass is 570 g/mol. The maximum atomic E-state index is 4.38. The van der Waals surface area contributed by atoms with E-state index in [0.29, 0.717) is 0 Å². The van der Waals surface area contributed by atoms with Gasteiger partial charge in [-0.1, -0.05) is 40.5 Å². The fraction of sp³-hybridized carbons (Fsp3) is 0.833. The third-order valence-corrected chi connectivity index (χ3v) is 5.29. The molecule has 0 amide bonds. The van der Waals surface area contributed by atoms with Crippen molar-refractivity contribution in [3.63, 3.8) is 0 Å². The van der Waals surface area contributed by atoms with Crippen molar-refractivity contribution in [2.75, 3.05) is 53.4 Å². The van der Waals surface area contributed by atoms with Crippen molar-refractivity contribution < 1.29 is 65.4 Å². The zero-order valence-electron chi connectivity index (χ0n) is 20.9. The average molecular weight is 570 g/mol. The Morgan fingerprint density at radius 1 is 0.733 bits per heavy atom. The van der Waals surface area contributed by atoms with Crippen LogP contribution in [0.4, 0.5) is 0 Å². The summed E-state index contributed by atoms with van der Waals surface area (Å²) in [6.07, 6.45) is 5.18. The molecular formula is C24H48N4Y2-4. The molecule has 2 fully saturated rings. The van der Waals surface area contributed by atoms with Gasteiger partial charge in [-0.25, -0.2) is 0 Å². The molecule has 0 atom stereocenters. The molecule has 0 aromatic carbocycles. The van der Waals surface area contributed by atoms with Crippen LogP contribution in [0.2, 0.25) is 0 Å². The fourth-order valence-electron chi connectivity index (χ4n) is 2.99. The molecule has 6 heteroatoms. The minimum atomic E-state index is 0. The second kappa shape index (κ2) is 26.8. The van der Waals surface area contributed by atoms with Gasteiger partial charge in [0.2, 0.25) is 0 Å². The van der Waals surface area contributed by atoms with Crippen molar-refractivity contribution in [1.82, 2.24) is 9.80 Å². The van der Waals surface area contributed by atoms with Crippen LogP contribution in [0.1, 0.15) is 53.4 Å². The second-order valence-corrected chi connectivity index (χ2v) is 8.47. The number of piperidine rings is 1. The molecule has 0 spiro atoms. The predicted molar refractivity (Wildman–Crippen MR) is 127 cm³/mol. The van der Waals surface area contributed by atoms with Crippen LogP contribution in [0.15, 0.2) is 13.2 Å². The summed E-state index contributed by atoms with van der Waals surface area (Å²) in [5.74, 6) is 1.66. The van der Waals surface area contributed by atoms with Crippen LogP contribution >= 0.6 is 0 Å². The van der Waals surface area contributed by atoms with E-state index < -0.39 is 0 Å². The molecular weight excluding hydrogens is 522 g/mol. The van der Waals surface area contributed by atoms with Crippen LogP contribution in [0.5, 0.6) is 0 Å². The van der Waals surface area contributed by atoms with E-state index in [-0.39, 0.29) is 65.4 Å². The van der Waals surface area contributed by atoms with Crippen molar-refractivity contribution in [1.29, 1.82) is 0 Å². The molecule has 0 saturated carbocycles. The molecule has 2 saturated heterocycles. The number of nitrogens with zero attached hydrogens (tertiary/aromatic N) is 4. The van der Waals surface area contributed by atoms with Gasteiger partial charge in [0, 0.05) is 71.5 Å². The van der Waals surface area contributed by atoms with Crippen LogP contribution < -0.4 is 0 Å². The first-order valence-corrected chi connectivity index (χ1v) is 10.9. The van der Waals surface area contributed by atoms with E-state index in [2.05, 4.69) is 88.5 Å². The molecule has 174 valence electrons. The van der Waals surface area contributed by atoms with Gasteiger partial charge in [0.1, 0.15) is 0 Å². The Balaban J connectivity index is -0.000000184. The maximum absolute atomic E-state index is 4.38. The Kier molecular flexibility index (Phi) is 34.6. The first-order chi connectivity index (χ1) is 13.4. The van der Waals surface area contributed by atoms with Gasteiger partial charge in [0.05, 0.1) is 0 Å². The molecule has 0 aliphatic carbocycles. The van der Waals surface area contributed by atoms with Gasteiger partial charge in [-0.05, 0) is 57.9 Å². The summed E-state index contributed by atoms with van der Waals surface area (Å²) < 4.78 is 0. The molecule has 2 radical (unpaired) electrons. The molecule has 0 aromatic rings. The number of hydrogen-bond acceptors (Lipinski definition) is 2. The molecule has 2 rings (SSSR count). The molecule has 2 aliphatic rings. The molecule has 2 heterocycles. The number of hydrogen-bond donors (Lipinski definition) is 0. The SMILES string of the molecule is CC(C)CCN(C)C1CC[N-]CC1.CC(C)CCN(C)C1C[N-]C1.[CH-]=C.[CH-]=C.[Y].[Y]. The summed E-state index contributed by atoms with van der Waals surface area (Å²) in [6.45, 7) is 29.9. The van der Waals surface area contributed by atoms with E-state index in [0.717, 1.165) is 50.1 Å². The van der Waals surface area contributed by atoms with Crippen LogP contribution in [0, 0.1) is 25.0 Å². The standard InChI is InChI=1S/C11H23N2.C9H19N2.2C2H3.2Y/c1-10(2)6-9-13(3)11-4-7-12-8-5-11;1-8(2)4-5-11(3)9-6-10-7-9;2*1-2;;/h10-11H,4-9H2,1-3H3;8-9H,4-7H2,1-3H3;2*1H,2H2;;/q4*-1;;. The van der Waals surface area contributed by atoms with Crippen LogP contribution in [0.3, 0.4) is 0 Å². The molecule has 0 N–H and O–H groups in total. The van der Waals surface area contributed by atoms with E-state index in [1.165, 1.54) is 38.8 Å². The summed E-state index contributed by atoms with van der Waals surface area (Å²) in [5, 5.41) is 8.58. The Morgan fingerprint density at radius 2 is 1.10 bits per heavy atom. The van der Waals surface area contributed by atoms with Crippen molar-refractivity contribution in [3.05, 3.63) is 36.9 Å². The zero-order chi connectivity index (χ0) is 21.9. The minimum Gasteiger partial charge on any atom is -0.662 e. The first kappa shape index (κ1) is 38.8. The van der Waals surface area contributed by atoms with Gasteiger partial charge in [0.15, 0.2) is 0 Å². The predicted octanol–water partition coefficient (Wildman–Crippen LogP) is 5.43. The Bertz CT molecular complexity index is 331. The van der Waals surface area contributed by atoms with E-state index in [4.69, 9.17) is 0 Å². The molecule has 0 unspecified atom stereocenters. The molecule has 0 aromatic heterocycles. The topological polar surface area (TPSA) is 34.7 Å². The number of rotatable bonds is 8. The smallest absolute Gasteiger partial charge is 0.00594 e. The van der Waals surface area contributed by atoms with Gasteiger partial charge in [0.25, 0.3) is 0 Å². The normalized spacial score (nSPS) is 16.1. The second-order valence-electron chi connectivity index (χ2n) is 8.47. The summed E-state index contributed by atoms with van der Waals surface area (Å²) in [6, 6.07) is 1.56. The summed E-state index contributed by atoms with van der Waals surface area (Å²) >= 11 is 0. The van der Waals surface area contributed by atoms with E-state index >= 15 is 0 Å². The molecule has 4 nitrogen and oxygen atoms in total. The van der Waals surface area contributed by atoms with Gasteiger partial charge >= 0.3 is 0 Å². The largest absolute Gasteiger partial charge is 0.662 e. The Morgan fingerprint density at radius 3 is 1.40 bits per heavy atom. The Labute approximate surface area is 240 Å². The van der Waals surface area contributed by atoms with Gasteiger partial charge in [-0.15, -0.1) is 26.2 Å². The van der Waals surface area contributed by atoms with E-state index in [1.54, 1.807) is 0 Å². The van der Waals surface area contributed by atoms with Crippen molar-refractivity contribution in [2.45, 2.75) is 65.5 Å². The van der Waals surface area contributed by atoms with Crippen molar-refractivity contribution in [3.8, 4) is 0 Å². The van der Waals surface area contributed by atoms with Crippen LogP contribution in [-0.4, -0.2) is 75.2 Å². The first-order valence-electron chi connectivity index (χ1n) is 10.9. The van der Waals surface area contributed by atoms with Crippen molar-refractivity contribution >= 4 is 0 Å². The quantitative estimate of drug-likeness (QED) is 0.365. The summed E-state index contributed by atoms with van der Waals surface area (Å²) in [5.41, 5.74) is 0. The summed E-state index contributed by atoms with van der Waals surface area (Å²) in [4.78, 5) is 4.96. The minimum absolute atomic E-state index is 0. The third kappa shape index (κ3) is 21.4. The van der Waals surface area contributed by atoms with Gasteiger partial charge in [-0.3, -0.25) is 13.2 Å². The van der Waals surface area contributed by atoms with Crippen molar-refractivity contribution in [2.24, 2.45) is 11.8 Å². The molecule has 2 aliphatic heterocycles. The van der Waals surface area contributed by atoms with Crippen LogP contribution in [-0.2, 0) is 65.4 Å². The van der Waals surface area contributed by atoms with E-state index in [9.17, 15) is 0 Å². The number of likely N-dealkylation sites (N-methyl/N-ethyl adjacent to an activating group) is 1. The molecule has 30 heavy (non-hydrogen) atoms. The Hall–Kier alpha value is 1.53. The van der Waals surface area contributed by atoms with Gasteiger partial charge in [-0.2, -0.15) is 0 Å². The van der Waals surface area contributed by atoms with Gasteiger partial charge < -0.3 is 33.6 Å².